The first kappa shape index (κ1) is 17.5. The van der Waals surface area contributed by atoms with Crippen molar-refractivity contribution in [3.05, 3.63) is 53.7 Å². The zero-order valence-electron chi connectivity index (χ0n) is 15.4. The molecular weight excluding hydrogens is 340 g/mol. The van der Waals surface area contributed by atoms with Crippen molar-refractivity contribution in [3.63, 3.8) is 0 Å². The number of nitrogens with one attached hydrogen (secondary N) is 2. The van der Waals surface area contributed by atoms with Crippen LogP contribution in [0.25, 0.3) is 22.6 Å². The molecule has 6 nitrogen and oxygen atoms in total. The Bertz CT molecular complexity index is 1010. The van der Waals surface area contributed by atoms with E-state index in [0.29, 0.717) is 0 Å². The fraction of sp³-hybridized carbons (Fsp3) is 0.238. The van der Waals surface area contributed by atoms with E-state index in [1.54, 1.807) is 18.7 Å². The number of aromatic nitrogens is 1. The number of nitrogen functional groups attached to an aromatic ring is 1. The average molecular weight is 364 g/mol. The summed E-state index contributed by atoms with van der Waals surface area (Å²) in [6.07, 6.45) is 2.53. The highest BCUT2D eigenvalue weighted by Gasteiger charge is 2.20. The van der Waals surface area contributed by atoms with E-state index in [4.69, 9.17) is 5.73 Å². The second kappa shape index (κ2) is 6.64. The van der Waals surface area contributed by atoms with Crippen LogP contribution in [0.15, 0.2) is 42.6 Å². The van der Waals surface area contributed by atoms with Gasteiger partial charge in [0, 0.05) is 40.5 Å². The second-order valence-corrected chi connectivity index (χ2v) is 6.94. The predicted molar refractivity (Wildman–Crippen MR) is 111 cm³/mol. The maximum absolute atomic E-state index is 10.0. The van der Waals surface area contributed by atoms with Gasteiger partial charge in [-0.1, -0.05) is 12.1 Å². The summed E-state index contributed by atoms with van der Waals surface area (Å²) in [5.41, 5.74) is 12.9. The number of para-hydroxylation sites is 1. The summed E-state index contributed by atoms with van der Waals surface area (Å²) in [6, 6.07) is 11.8. The number of nitrogens with two attached hydrogens (primary N) is 1. The number of anilines is 3. The second-order valence-electron chi connectivity index (χ2n) is 6.94. The molecule has 2 atom stereocenters. The summed E-state index contributed by atoms with van der Waals surface area (Å²) >= 11 is 0. The van der Waals surface area contributed by atoms with Gasteiger partial charge in [0.2, 0.25) is 0 Å². The minimum absolute atomic E-state index is 0.726. The summed E-state index contributed by atoms with van der Waals surface area (Å²) in [7, 11) is 0. The number of fused-ring (bicyclic) bond motifs is 2. The fourth-order valence-electron chi connectivity index (χ4n) is 3.78. The first-order valence-electron chi connectivity index (χ1n) is 9.04. The van der Waals surface area contributed by atoms with Crippen molar-refractivity contribution in [2.45, 2.75) is 26.3 Å². The number of benzene rings is 2. The molecule has 27 heavy (non-hydrogen) atoms. The van der Waals surface area contributed by atoms with Gasteiger partial charge >= 0.3 is 0 Å². The lowest BCUT2D eigenvalue weighted by molar-refractivity contribution is 0.105. The van der Waals surface area contributed by atoms with Gasteiger partial charge in [-0.2, -0.15) is 0 Å². The van der Waals surface area contributed by atoms with Gasteiger partial charge in [0.05, 0.1) is 11.4 Å². The predicted octanol–water partition coefficient (Wildman–Crippen LogP) is 3.20. The maximum atomic E-state index is 10.0. The number of aliphatic hydroxyl groups excluding tert-OH is 2. The Morgan fingerprint density at radius 2 is 1.93 bits per heavy atom. The van der Waals surface area contributed by atoms with E-state index in [9.17, 15) is 10.2 Å². The molecule has 0 bridgehead atoms. The molecule has 0 saturated heterocycles. The third kappa shape index (κ3) is 3.03. The highest BCUT2D eigenvalue weighted by molar-refractivity contribution is 6.01. The molecule has 0 radical (unpaired) electrons. The molecule has 4 rings (SSSR count). The molecule has 2 heterocycles. The Balaban J connectivity index is 1.78. The van der Waals surface area contributed by atoms with E-state index in [0.717, 1.165) is 45.6 Å². The van der Waals surface area contributed by atoms with Gasteiger partial charge < -0.3 is 31.1 Å². The van der Waals surface area contributed by atoms with Crippen molar-refractivity contribution in [1.29, 1.82) is 0 Å². The first-order valence-corrected chi connectivity index (χ1v) is 9.04. The van der Waals surface area contributed by atoms with Crippen LogP contribution in [0, 0.1) is 0 Å². The molecule has 1 aliphatic rings. The van der Waals surface area contributed by atoms with Crippen LogP contribution < -0.4 is 16.0 Å². The molecule has 0 saturated carbocycles. The molecule has 140 valence electrons. The summed E-state index contributed by atoms with van der Waals surface area (Å²) in [4.78, 5) is 4.85. The van der Waals surface area contributed by atoms with Crippen molar-refractivity contribution < 1.29 is 10.2 Å². The number of rotatable bonds is 4. The normalized spacial score (nSPS) is 17.0. The lowest BCUT2D eigenvalue weighted by Gasteiger charge is -2.30. The number of aromatic amines is 1. The lowest BCUT2D eigenvalue weighted by atomic mass is 10.0. The molecule has 2 aromatic carbocycles. The van der Waals surface area contributed by atoms with Gasteiger partial charge in [-0.3, -0.25) is 0 Å². The third-order valence-corrected chi connectivity index (χ3v) is 5.03. The number of hydrogen-bond acceptors (Lipinski definition) is 5. The fourth-order valence-corrected chi connectivity index (χ4v) is 3.78. The standard InChI is InChI=1S/C21H24N4O2/c1-12(26)25(13(2)27)16-6-7-20-18(9-16)15(10-23-20)8-14-11-24-21-17(14)4-3-5-19(21)22/h3-10,12-13,23-24,26-27H,11,22H2,1-2H3. The van der Waals surface area contributed by atoms with Crippen molar-refractivity contribution in [2.24, 2.45) is 0 Å². The van der Waals surface area contributed by atoms with Gasteiger partial charge in [0.1, 0.15) is 12.5 Å². The summed E-state index contributed by atoms with van der Waals surface area (Å²) in [5, 5.41) is 24.4. The molecule has 2 unspecified atom stereocenters. The van der Waals surface area contributed by atoms with Crippen molar-refractivity contribution in [3.8, 4) is 0 Å². The quantitative estimate of drug-likeness (QED) is 0.362. The van der Waals surface area contributed by atoms with E-state index in [1.807, 2.05) is 36.5 Å². The molecule has 1 aliphatic heterocycles. The van der Waals surface area contributed by atoms with Gasteiger partial charge in [0.25, 0.3) is 0 Å². The Kier molecular flexibility index (Phi) is 4.30. The molecule has 6 N–H and O–H groups in total. The van der Waals surface area contributed by atoms with Gasteiger partial charge in [0.15, 0.2) is 0 Å². The maximum Gasteiger partial charge on any atom is 0.126 e. The molecule has 6 heteroatoms. The first-order chi connectivity index (χ1) is 13.0. The van der Waals surface area contributed by atoms with E-state index in [2.05, 4.69) is 22.4 Å². The van der Waals surface area contributed by atoms with Gasteiger partial charge in [-0.05, 0) is 49.8 Å². The van der Waals surface area contributed by atoms with Crippen LogP contribution in [-0.2, 0) is 0 Å². The van der Waals surface area contributed by atoms with E-state index in [1.165, 1.54) is 5.57 Å². The van der Waals surface area contributed by atoms with E-state index >= 15 is 0 Å². The zero-order chi connectivity index (χ0) is 19.1. The molecule has 0 spiro atoms. The van der Waals surface area contributed by atoms with Crippen molar-refractivity contribution >= 4 is 39.6 Å². The topological polar surface area (TPSA) is 97.5 Å². The smallest absolute Gasteiger partial charge is 0.126 e. The van der Waals surface area contributed by atoms with E-state index in [-0.39, 0.29) is 0 Å². The lowest BCUT2D eigenvalue weighted by Crippen LogP contribution is -2.40. The van der Waals surface area contributed by atoms with Crippen molar-refractivity contribution in [1.82, 2.24) is 4.98 Å². The third-order valence-electron chi connectivity index (χ3n) is 5.03. The van der Waals surface area contributed by atoms with Gasteiger partial charge in [-0.25, -0.2) is 0 Å². The molecule has 0 fully saturated rings. The molecular formula is C21H24N4O2. The summed E-state index contributed by atoms with van der Waals surface area (Å²) in [5.74, 6) is 0. The van der Waals surface area contributed by atoms with Crippen LogP contribution in [0.3, 0.4) is 0 Å². The van der Waals surface area contributed by atoms with Crippen LogP contribution in [0.1, 0.15) is 25.0 Å². The van der Waals surface area contributed by atoms with Crippen LogP contribution in [-0.4, -0.2) is 34.2 Å². The largest absolute Gasteiger partial charge is 0.397 e. The van der Waals surface area contributed by atoms with E-state index < -0.39 is 12.5 Å². The highest BCUT2D eigenvalue weighted by atomic mass is 16.3. The van der Waals surface area contributed by atoms with Crippen LogP contribution in [0.4, 0.5) is 17.1 Å². The average Bonchev–Trinajstić information content (AvgIpc) is 3.20. The Labute approximate surface area is 157 Å². The Morgan fingerprint density at radius 1 is 1.15 bits per heavy atom. The molecule has 3 aromatic rings. The number of hydrogen-bond donors (Lipinski definition) is 5. The summed E-state index contributed by atoms with van der Waals surface area (Å²) < 4.78 is 0. The molecule has 0 aliphatic carbocycles. The Hall–Kier alpha value is -2.96. The minimum Gasteiger partial charge on any atom is -0.397 e. The molecule has 0 amide bonds. The van der Waals surface area contributed by atoms with Gasteiger partial charge in [-0.15, -0.1) is 0 Å². The van der Waals surface area contributed by atoms with Crippen molar-refractivity contribution in [2.75, 3.05) is 22.5 Å². The number of aliphatic hydroxyl groups is 2. The highest BCUT2D eigenvalue weighted by Crippen LogP contribution is 2.37. The monoisotopic (exact) mass is 364 g/mol. The van der Waals surface area contributed by atoms with Crippen LogP contribution in [0.5, 0.6) is 0 Å². The molecule has 1 aromatic heterocycles. The zero-order valence-corrected chi connectivity index (χ0v) is 15.4. The van der Waals surface area contributed by atoms with Crippen LogP contribution in [0.2, 0.25) is 0 Å². The number of H-pyrrole nitrogens is 1. The summed E-state index contributed by atoms with van der Waals surface area (Å²) in [6.45, 7) is 4.01. The SMILES string of the molecule is CC(O)N(c1ccc2[nH]cc(C=C3CNc4c(N)cccc43)c2c1)C(C)O. The minimum atomic E-state index is -0.794. The van der Waals surface area contributed by atoms with Crippen LogP contribution >= 0.6 is 0 Å². The number of nitrogens with zero attached hydrogens (tertiary/aromatic N) is 1. The Morgan fingerprint density at radius 3 is 2.67 bits per heavy atom.